The number of rotatable bonds is 8. The van der Waals surface area contributed by atoms with Crippen LogP contribution in [0.5, 0.6) is 6.01 Å². The minimum Gasteiger partial charge on any atom is -0.315 e. The first kappa shape index (κ1) is 22.1. The van der Waals surface area contributed by atoms with Gasteiger partial charge in [-0.1, -0.05) is 23.4 Å². The molecule has 4 rings (SSSR count). The molecular weight excluding hydrogens is 435 g/mol. The van der Waals surface area contributed by atoms with Crippen LogP contribution in [-0.4, -0.2) is 37.5 Å². The molecule has 0 aliphatic carbocycles. The zero-order chi connectivity index (χ0) is 23.3. The number of benzene rings is 1. The monoisotopic (exact) mass is 453 g/mol. The van der Waals surface area contributed by atoms with Gasteiger partial charge < -0.3 is 4.84 Å². The van der Waals surface area contributed by atoms with Crippen LogP contribution in [0.15, 0.2) is 72.4 Å². The van der Waals surface area contributed by atoms with Crippen LogP contribution < -0.4 is 4.84 Å². The maximum atomic E-state index is 12.3. The summed E-state index contributed by atoms with van der Waals surface area (Å²) in [5.41, 5.74) is 3.65. The van der Waals surface area contributed by atoms with E-state index in [-0.39, 0.29) is 12.4 Å². The Labute approximate surface area is 186 Å². The van der Waals surface area contributed by atoms with E-state index in [9.17, 15) is 18.0 Å². The number of hydrogen-bond acceptors (Lipinski definition) is 6. The summed E-state index contributed by atoms with van der Waals surface area (Å²) in [6.07, 6.45) is 2.10. The van der Waals surface area contributed by atoms with Gasteiger partial charge in [0.1, 0.15) is 11.4 Å². The number of alkyl halides is 3. The fourth-order valence-electron chi connectivity index (χ4n) is 3.20. The Morgan fingerprint density at radius 1 is 1.09 bits per heavy atom. The highest BCUT2D eigenvalue weighted by Gasteiger charge is 2.27. The number of fused-ring (bicyclic) bond motifs is 1. The Hall–Kier alpha value is -4.08. The minimum atomic E-state index is -4.33. The molecule has 33 heavy (non-hydrogen) atoms. The lowest BCUT2D eigenvalue weighted by Crippen LogP contribution is -2.12. The predicted octanol–water partition coefficient (Wildman–Crippen LogP) is 4.66. The molecule has 7 nitrogen and oxygen atoms in total. The molecule has 3 aromatic heterocycles. The van der Waals surface area contributed by atoms with E-state index in [0.717, 1.165) is 16.8 Å². The number of halogens is 3. The van der Waals surface area contributed by atoms with E-state index in [1.165, 1.54) is 6.21 Å². The molecule has 0 aliphatic heterocycles. The third-order valence-electron chi connectivity index (χ3n) is 4.73. The number of nitrogens with zero attached hydrogens (tertiary/aromatic N) is 5. The number of carbonyl (C=O) groups is 1. The topological polar surface area (TPSA) is 81.7 Å². The zero-order valence-corrected chi connectivity index (χ0v) is 17.2. The number of oxime groups is 1. The maximum absolute atomic E-state index is 12.3. The van der Waals surface area contributed by atoms with Gasteiger partial charge in [-0.25, -0.2) is 15.0 Å². The molecule has 0 amide bonds. The molecule has 0 bridgehead atoms. The standard InChI is InChI=1S/C23H18F3N5O2/c24-23(25,26)7-5-19(32)12-16-3-1-4-18(11-16)20-15-29-21-13-17(6-10-31(20)21)14-30-33-22-27-8-2-9-28-22/h1-4,6,8-11,13-15H,5,7,12H2/b30-14-. The van der Waals surface area contributed by atoms with Gasteiger partial charge in [-0.05, 0) is 29.8 Å². The number of carbonyl (C=O) groups excluding carboxylic acids is 1. The molecule has 0 unspecified atom stereocenters. The van der Waals surface area contributed by atoms with Crippen molar-refractivity contribution >= 4 is 17.6 Å². The van der Waals surface area contributed by atoms with Gasteiger partial charge >= 0.3 is 12.2 Å². The number of hydrogen-bond donors (Lipinski definition) is 0. The van der Waals surface area contributed by atoms with E-state index < -0.39 is 24.8 Å². The molecule has 0 saturated heterocycles. The SMILES string of the molecule is O=C(CCC(F)(F)F)Cc1cccc(-c2cnc3cc(/C=N\Oc4ncccn4)ccn23)c1. The van der Waals surface area contributed by atoms with Gasteiger partial charge in [-0.3, -0.25) is 9.20 Å². The first-order valence-electron chi connectivity index (χ1n) is 10.00. The van der Waals surface area contributed by atoms with Crippen molar-refractivity contribution in [2.24, 2.45) is 5.16 Å². The number of ketones is 1. The van der Waals surface area contributed by atoms with E-state index in [0.29, 0.717) is 11.2 Å². The van der Waals surface area contributed by atoms with Crippen molar-refractivity contribution in [3.05, 3.63) is 78.4 Å². The van der Waals surface area contributed by atoms with Gasteiger partial charge in [0, 0.05) is 42.6 Å². The Morgan fingerprint density at radius 2 is 1.91 bits per heavy atom. The van der Waals surface area contributed by atoms with Crippen LogP contribution in [0.25, 0.3) is 16.9 Å². The Morgan fingerprint density at radius 3 is 2.70 bits per heavy atom. The maximum Gasteiger partial charge on any atom is 0.389 e. The first-order valence-corrected chi connectivity index (χ1v) is 10.00. The van der Waals surface area contributed by atoms with E-state index in [4.69, 9.17) is 4.84 Å². The summed E-state index contributed by atoms with van der Waals surface area (Å²) in [4.78, 5) is 29.3. The fraction of sp³-hybridized carbons (Fsp3) is 0.174. The van der Waals surface area contributed by atoms with Crippen LogP contribution in [0.3, 0.4) is 0 Å². The second kappa shape index (κ2) is 9.60. The molecule has 0 atom stereocenters. The normalized spacial score (nSPS) is 11.8. The first-order chi connectivity index (χ1) is 15.9. The molecule has 0 fully saturated rings. The summed E-state index contributed by atoms with van der Waals surface area (Å²) in [7, 11) is 0. The summed E-state index contributed by atoms with van der Waals surface area (Å²) >= 11 is 0. The highest BCUT2D eigenvalue weighted by molar-refractivity contribution is 5.82. The van der Waals surface area contributed by atoms with E-state index >= 15 is 0 Å². The number of Topliss-reactive ketones (excluding diaryl/α,β-unsaturated/α-hetero) is 1. The average molecular weight is 453 g/mol. The molecule has 0 spiro atoms. The number of imidazole rings is 1. The Kier molecular flexibility index (Phi) is 6.43. The summed E-state index contributed by atoms with van der Waals surface area (Å²) < 4.78 is 38.9. The van der Waals surface area contributed by atoms with Gasteiger partial charge in [-0.2, -0.15) is 13.2 Å². The highest BCUT2D eigenvalue weighted by atomic mass is 19.4. The molecule has 0 aliphatic rings. The van der Waals surface area contributed by atoms with Gasteiger partial charge in [0.25, 0.3) is 0 Å². The molecule has 168 valence electrons. The third-order valence-corrected chi connectivity index (χ3v) is 4.73. The highest BCUT2D eigenvalue weighted by Crippen LogP contribution is 2.24. The Bertz CT molecular complexity index is 1290. The van der Waals surface area contributed by atoms with Crippen molar-refractivity contribution in [3.8, 4) is 17.3 Å². The molecule has 0 N–H and O–H groups in total. The Balaban J connectivity index is 1.47. The minimum absolute atomic E-state index is 0.0492. The van der Waals surface area contributed by atoms with Crippen molar-refractivity contribution in [1.82, 2.24) is 19.4 Å². The van der Waals surface area contributed by atoms with E-state index in [2.05, 4.69) is 20.1 Å². The van der Waals surface area contributed by atoms with Crippen molar-refractivity contribution in [2.75, 3.05) is 0 Å². The van der Waals surface area contributed by atoms with Gasteiger partial charge in [0.2, 0.25) is 0 Å². The molecule has 0 radical (unpaired) electrons. The largest absolute Gasteiger partial charge is 0.389 e. The van der Waals surface area contributed by atoms with Crippen LogP contribution in [0.2, 0.25) is 0 Å². The van der Waals surface area contributed by atoms with Crippen LogP contribution in [0.4, 0.5) is 13.2 Å². The van der Waals surface area contributed by atoms with Crippen molar-refractivity contribution in [1.29, 1.82) is 0 Å². The van der Waals surface area contributed by atoms with Crippen molar-refractivity contribution < 1.29 is 22.8 Å². The molecular formula is C23H18F3N5O2. The summed E-state index contributed by atoms with van der Waals surface area (Å²) in [6, 6.07) is 12.6. The van der Waals surface area contributed by atoms with Crippen LogP contribution >= 0.6 is 0 Å². The van der Waals surface area contributed by atoms with Gasteiger partial charge in [0.15, 0.2) is 0 Å². The molecule has 3 heterocycles. The number of aromatic nitrogens is 4. The van der Waals surface area contributed by atoms with Gasteiger partial charge in [-0.15, -0.1) is 0 Å². The molecule has 1 aromatic carbocycles. The number of pyridine rings is 1. The molecule has 10 heteroatoms. The fourth-order valence-corrected chi connectivity index (χ4v) is 3.20. The summed E-state index contributed by atoms with van der Waals surface area (Å²) in [5, 5.41) is 3.86. The average Bonchev–Trinajstić information content (AvgIpc) is 3.22. The van der Waals surface area contributed by atoms with E-state index in [1.807, 2.05) is 28.8 Å². The van der Waals surface area contributed by atoms with E-state index in [1.54, 1.807) is 42.9 Å². The second-order valence-corrected chi connectivity index (χ2v) is 7.22. The smallest absolute Gasteiger partial charge is 0.315 e. The summed E-state index contributed by atoms with van der Waals surface area (Å²) in [5.74, 6) is -0.449. The zero-order valence-electron chi connectivity index (χ0n) is 17.2. The van der Waals surface area contributed by atoms with Crippen molar-refractivity contribution in [3.63, 3.8) is 0 Å². The van der Waals surface area contributed by atoms with Crippen LogP contribution in [-0.2, 0) is 11.2 Å². The van der Waals surface area contributed by atoms with Crippen LogP contribution in [0, 0.1) is 0 Å². The van der Waals surface area contributed by atoms with Crippen molar-refractivity contribution in [2.45, 2.75) is 25.4 Å². The molecule has 0 saturated carbocycles. The van der Waals surface area contributed by atoms with Gasteiger partial charge in [0.05, 0.1) is 24.5 Å². The lowest BCUT2D eigenvalue weighted by molar-refractivity contribution is -0.143. The summed E-state index contributed by atoms with van der Waals surface area (Å²) in [6.45, 7) is 0. The van der Waals surface area contributed by atoms with Crippen LogP contribution in [0.1, 0.15) is 24.0 Å². The predicted molar refractivity (Wildman–Crippen MR) is 115 cm³/mol. The molecule has 4 aromatic rings. The third kappa shape index (κ3) is 6.00. The lowest BCUT2D eigenvalue weighted by Gasteiger charge is -2.07. The second-order valence-electron chi connectivity index (χ2n) is 7.22. The quantitative estimate of drug-likeness (QED) is 0.286. The lowest BCUT2D eigenvalue weighted by atomic mass is 10.0.